The van der Waals surface area contributed by atoms with Crippen molar-refractivity contribution in [2.24, 2.45) is 0 Å². The minimum atomic E-state index is -1.07. The number of hydrogen-bond donors (Lipinski definition) is 1. The van der Waals surface area contributed by atoms with Gasteiger partial charge in [-0.25, -0.2) is 9.18 Å². The summed E-state index contributed by atoms with van der Waals surface area (Å²) in [6, 6.07) is 4.60. The molecule has 0 atom stereocenters. The van der Waals surface area contributed by atoms with Gasteiger partial charge in [0.05, 0.1) is 5.57 Å². The summed E-state index contributed by atoms with van der Waals surface area (Å²) in [5, 5.41) is 2.66. The van der Waals surface area contributed by atoms with E-state index in [9.17, 15) is 14.0 Å². The molecule has 0 aliphatic carbocycles. The standard InChI is InChI=1S/C16H18FNO4/c1-9-7-11(5-6-12(9)17)8-18-14(19)10(2)13-15(20)22-16(3,4)21-13/h5-7H,8H2,1-4H3,(H,18,19). The molecule has 1 N–H and O–H groups in total. The van der Waals surface area contributed by atoms with Crippen LogP contribution in [-0.4, -0.2) is 17.7 Å². The number of halogens is 1. The minimum absolute atomic E-state index is 0.0854. The molecule has 1 aliphatic heterocycles. The van der Waals surface area contributed by atoms with Gasteiger partial charge in [0.1, 0.15) is 5.82 Å². The third kappa shape index (κ3) is 3.44. The van der Waals surface area contributed by atoms with Crippen molar-refractivity contribution in [1.82, 2.24) is 5.32 Å². The van der Waals surface area contributed by atoms with E-state index in [1.807, 2.05) is 0 Å². The first-order chi connectivity index (χ1) is 10.2. The van der Waals surface area contributed by atoms with Gasteiger partial charge in [-0.15, -0.1) is 0 Å². The van der Waals surface area contributed by atoms with Crippen LogP contribution in [0.1, 0.15) is 31.9 Å². The number of amides is 1. The zero-order chi connectivity index (χ0) is 16.5. The lowest BCUT2D eigenvalue weighted by molar-refractivity contribution is -0.159. The first-order valence-electron chi connectivity index (χ1n) is 6.86. The van der Waals surface area contributed by atoms with Crippen LogP contribution < -0.4 is 5.32 Å². The van der Waals surface area contributed by atoms with Crippen LogP contribution in [0, 0.1) is 12.7 Å². The molecule has 1 saturated heterocycles. The van der Waals surface area contributed by atoms with E-state index in [1.54, 1.807) is 32.9 Å². The Morgan fingerprint density at radius 1 is 1.32 bits per heavy atom. The Morgan fingerprint density at radius 2 is 2.00 bits per heavy atom. The van der Waals surface area contributed by atoms with Crippen LogP contribution in [0.2, 0.25) is 0 Å². The van der Waals surface area contributed by atoms with Crippen molar-refractivity contribution in [2.75, 3.05) is 0 Å². The maximum absolute atomic E-state index is 13.2. The minimum Gasteiger partial charge on any atom is -0.445 e. The average molecular weight is 307 g/mol. The zero-order valence-corrected chi connectivity index (χ0v) is 13.0. The van der Waals surface area contributed by atoms with Gasteiger partial charge in [0.25, 0.3) is 5.91 Å². The van der Waals surface area contributed by atoms with Crippen molar-refractivity contribution < 1.29 is 23.5 Å². The second-order valence-corrected chi connectivity index (χ2v) is 5.61. The fraction of sp³-hybridized carbons (Fsp3) is 0.375. The van der Waals surface area contributed by atoms with E-state index in [-0.39, 0.29) is 23.7 Å². The number of carbonyl (C=O) groups is 2. The summed E-state index contributed by atoms with van der Waals surface area (Å²) in [7, 11) is 0. The zero-order valence-electron chi connectivity index (χ0n) is 13.0. The summed E-state index contributed by atoms with van der Waals surface area (Å²) in [6.07, 6.45) is 0. The van der Waals surface area contributed by atoms with Crippen LogP contribution in [0.15, 0.2) is 29.5 Å². The van der Waals surface area contributed by atoms with Crippen molar-refractivity contribution in [3.8, 4) is 0 Å². The highest BCUT2D eigenvalue weighted by atomic mass is 19.1. The highest BCUT2D eigenvalue weighted by Crippen LogP contribution is 2.28. The van der Waals surface area contributed by atoms with Crippen molar-refractivity contribution in [1.29, 1.82) is 0 Å². The summed E-state index contributed by atoms with van der Waals surface area (Å²) in [4.78, 5) is 23.7. The van der Waals surface area contributed by atoms with E-state index < -0.39 is 17.7 Å². The molecule has 0 unspecified atom stereocenters. The number of carbonyl (C=O) groups excluding carboxylic acids is 2. The van der Waals surface area contributed by atoms with Gasteiger partial charge in [-0.2, -0.15) is 0 Å². The molecule has 1 heterocycles. The molecule has 6 heteroatoms. The third-order valence-electron chi connectivity index (χ3n) is 3.23. The van der Waals surface area contributed by atoms with E-state index in [0.29, 0.717) is 5.56 Å². The molecule has 1 amide bonds. The van der Waals surface area contributed by atoms with Crippen molar-refractivity contribution in [3.05, 3.63) is 46.5 Å². The molecule has 22 heavy (non-hydrogen) atoms. The number of benzene rings is 1. The lowest BCUT2D eigenvalue weighted by atomic mass is 10.1. The largest absolute Gasteiger partial charge is 0.445 e. The molecule has 0 bridgehead atoms. The molecule has 5 nitrogen and oxygen atoms in total. The second kappa shape index (κ2) is 5.79. The summed E-state index contributed by atoms with van der Waals surface area (Å²) in [6.45, 7) is 6.54. The van der Waals surface area contributed by atoms with E-state index in [4.69, 9.17) is 9.47 Å². The first-order valence-corrected chi connectivity index (χ1v) is 6.86. The van der Waals surface area contributed by atoms with Crippen molar-refractivity contribution >= 4 is 11.9 Å². The van der Waals surface area contributed by atoms with E-state index in [1.165, 1.54) is 13.0 Å². The van der Waals surface area contributed by atoms with Gasteiger partial charge >= 0.3 is 5.97 Å². The molecule has 118 valence electrons. The van der Waals surface area contributed by atoms with E-state index >= 15 is 0 Å². The molecular weight excluding hydrogens is 289 g/mol. The van der Waals surface area contributed by atoms with E-state index in [0.717, 1.165) is 5.56 Å². The quantitative estimate of drug-likeness (QED) is 0.687. The van der Waals surface area contributed by atoms with Crippen LogP contribution in [-0.2, 0) is 25.6 Å². The van der Waals surface area contributed by atoms with Gasteiger partial charge in [-0.1, -0.05) is 12.1 Å². The fourth-order valence-corrected chi connectivity index (χ4v) is 2.04. The first kappa shape index (κ1) is 16.0. The monoisotopic (exact) mass is 307 g/mol. The van der Waals surface area contributed by atoms with Crippen LogP contribution in [0.25, 0.3) is 0 Å². The number of esters is 1. The van der Waals surface area contributed by atoms with Crippen LogP contribution in [0.5, 0.6) is 0 Å². The molecule has 0 aromatic heterocycles. The third-order valence-corrected chi connectivity index (χ3v) is 3.23. The Labute approximate surface area is 128 Å². The summed E-state index contributed by atoms with van der Waals surface area (Å²) in [5.74, 6) is -2.54. The van der Waals surface area contributed by atoms with Crippen LogP contribution in [0.4, 0.5) is 4.39 Å². The molecule has 0 saturated carbocycles. The maximum atomic E-state index is 13.2. The molecule has 2 rings (SSSR count). The second-order valence-electron chi connectivity index (χ2n) is 5.61. The summed E-state index contributed by atoms with van der Waals surface area (Å²) in [5.41, 5.74) is 1.42. The van der Waals surface area contributed by atoms with Crippen molar-refractivity contribution in [3.63, 3.8) is 0 Å². The predicted molar refractivity (Wildman–Crippen MR) is 76.9 cm³/mol. The Hall–Kier alpha value is -2.37. The number of hydrogen-bond acceptors (Lipinski definition) is 4. The van der Waals surface area contributed by atoms with Gasteiger partial charge in [-0.05, 0) is 31.0 Å². The van der Waals surface area contributed by atoms with Crippen LogP contribution in [0.3, 0.4) is 0 Å². The number of rotatable bonds is 3. The molecule has 0 spiro atoms. The molecular formula is C16H18FNO4. The number of cyclic esters (lactones) is 1. The Kier molecular flexibility index (Phi) is 4.21. The maximum Gasteiger partial charge on any atom is 0.377 e. The van der Waals surface area contributed by atoms with Crippen molar-refractivity contribution in [2.45, 2.75) is 40.0 Å². The molecule has 1 aromatic carbocycles. The average Bonchev–Trinajstić information content (AvgIpc) is 2.72. The number of aryl methyl sites for hydroxylation is 1. The Balaban J connectivity index is 2.06. The number of ether oxygens (including phenoxy) is 2. The lowest BCUT2D eigenvalue weighted by Gasteiger charge is -2.14. The summed E-state index contributed by atoms with van der Waals surface area (Å²) >= 11 is 0. The molecule has 1 aliphatic rings. The predicted octanol–water partition coefficient (Wildman–Crippen LogP) is 2.33. The Bertz CT molecular complexity index is 664. The van der Waals surface area contributed by atoms with Gasteiger partial charge in [-0.3, -0.25) is 4.79 Å². The smallest absolute Gasteiger partial charge is 0.377 e. The van der Waals surface area contributed by atoms with Crippen LogP contribution >= 0.6 is 0 Å². The topological polar surface area (TPSA) is 64.6 Å². The fourth-order valence-electron chi connectivity index (χ4n) is 2.04. The highest BCUT2D eigenvalue weighted by Gasteiger charge is 2.39. The van der Waals surface area contributed by atoms with Gasteiger partial charge in [0, 0.05) is 20.4 Å². The number of nitrogens with one attached hydrogen (secondary N) is 1. The summed E-state index contributed by atoms with van der Waals surface area (Å²) < 4.78 is 23.5. The van der Waals surface area contributed by atoms with Gasteiger partial charge in [0.15, 0.2) is 0 Å². The lowest BCUT2D eigenvalue weighted by Crippen LogP contribution is -2.25. The van der Waals surface area contributed by atoms with Gasteiger partial charge < -0.3 is 14.8 Å². The Morgan fingerprint density at radius 3 is 2.55 bits per heavy atom. The molecule has 1 fully saturated rings. The SMILES string of the molecule is CC(C(=O)NCc1ccc(F)c(C)c1)=C1OC(C)(C)OC1=O. The highest BCUT2D eigenvalue weighted by molar-refractivity contribution is 6.01. The van der Waals surface area contributed by atoms with Gasteiger partial charge in [0.2, 0.25) is 11.5 Å². The molecule has 0 radical (unpaired) electrons. The van der Waals surface area contributed by atoms with E-state index in [2.05, 4.69) is 5.32 Å². The molecule has 1 aromatic rings. The normalized spacial score (nSPS) is 18.5.